The fraction of sp³-hybridized carbons (Fsp3) is 0.353. The Bertz CT molecular complexity index is 561. The maximum atomic E-state index is 11.6. The van der Waals surface area contributed by atoms with Gasteiger partial charge in [-0.25, -0.2) is 0 Å². The number of carbonyl (C=O) groups excluding carboxylic acids is 1. The van der Waals surface area contributed by atoms with E-state index in [-0.39, 0.29) is 18.0 Å². The van der Waals surface area contributed by atoms with Crippen molar-refractivity contribution in [3.63, 3.8) is 0 Å². The van der Waals surface area contributed by atoms with Crippen LogP contribution in [0.2, 0.25) is 0 Å². The fourth-order valence-corrected chi connectivity index (χ4v) is 2.66. The Morgan fingerprint density at radius 3 is 2.85 bits per heavy atom. The minimum atomic E-state index is -0.499. The number of rotatable bonds is 2. The summed E-state index contributed by atoms with van der Waals surface area (Å²) >= 11 is 0. The zero-order chi connectivity index (χ0) is 14.2. The van der Waals surface area contributed by atoms with E-state index in [1.165, 1.54) is 0 Å². The van der Waals surface area contributed by atoms with E-state index in [0.29, 0.717) is 13.0 Å². The second-order valence-corrected chi connectivity index (χ2v) is 5.50. The summed E-state index contributed by atoms with van der Waals surface area (Å²) in [5.74, 6) is 0.0852. The lowest BCUT2D eigenvalue weighted by molar-refractivity contribution is -0.196. The molecule has 2 aliphatic rings. The summed E-state index contributed by atoms with van der Waals surface area (Å²) in [5, 5.41) is 0. The van der Waals surface area contributed by atoms with E-state index < -0.39 is 5.60 Å². The van der Waals surface area contributed by atoms with E-state index in [9.17, 15) is 4.79 Å². The van der Waals surface area contributed by atoms with Crippen LogP contribution in [0.1, 0.15) is 18.9 Å². The maximum Gasteiger partial charge on any atom is 0.158 e. The molecular weight excluding hydrogens is 252 g/mol. The van der Waals surface area contributed by atoms with Crippen LogP contribution in [0, 0.1) is 0 Å². The van der Waals surface area contributed by atoms with Gasteiger partial charge < -0.3 is 9.47 Å². The van der Waals surface area contributed by atoms with Crippen molar-refractivity contribution in [3.8, 4) is 0 Å². The van der Waals surface area contributed by atoms with Crippen LogP contribution < -0.4 is 0 Å². The summed E-state index contributed by atoms with van der Waals surface area (Å²) in [6.07, 6.45) is 3.33. The third kappa shape index (κ3) is 2.35. The molecule has 0 aromatic heterocycles. The maximum absolute atomic E-state index is 11.6. The molecule has 1 aromatic rings. The first-order valence-corrected chi connectivity index (χ1v) is 6.84. The van der Waals surface area contributed by atoms with Gasteiger partial charge >= 0.3 is 0 Å². The quantitative estimate of drug-likeness (QED) is 0.829. The summed E-state index contributed by atoms with van der Waals surface area (Å²) in [4.78, 5) is 11.6. The molecule has 0 amide bonds. The molecule has 0 spiro atoms. The Hall–Kier alpha value is -1.71. The standard InChI is InChI=1S/C17H18O3/c1-12(13-6-4-3-5-7-13)15-11-19-17(2)9-8-14(18)10-16(17)20-15/h3-9,15-16H,1,10-11H2,2H3/t15-,16-,17+/m1/s1. The van der Waals surface area contributed by atoms with E-state index in [1.54, 1.807) is 6.08 Å². The van der Waals surface area contributed by atoms with Gasteiger partial charge in [-0.05, 0) is 30.2 Å². The number of ether oxygens (including phenoxy) is 2. The van der Waals surface area contributed by atoms with Crippen LogP contribution in [0.5, 0.6) is 0 Å². The van der Waals surface area contributed by atoms with Crippen LogP contribution in [0.15, 0.2) is 49.1 Å². The van der Waals surface area contributed by atoms with Crippen molar-refractivity contribution in [2.45, 2.75) is 31.2 Å². The van der Waals surface area contributed by atoms with Gasteiger partial charge in [0.15, 0.2) is 5.78 Å². The molecule has 1 aromatic carbocycles. The highest BCUT2D eigenvalue weighted by Gasteiger charge is 2.43. The molecule has 3 nitrogen and oxygen atoms in total. The Morgan fingerprint density at radius 2 is 2.10 bits per heavy atom. The van der Waals surface area contributed by atoms with Gasteiger partial charge in [0.05, 0.1) is 12.7 Å². The van der Waals surface area contributed by atoms with Crippen LogP contribution in [0.25, 0.3) is 5.57 Å². The van der Waals surface area contributed by atoms with E-state index in [0.717, 1.165) is 11.1 Å². The molecule has 0 unspecified atom stereocenters. The first kappa shape index (κ1) is 13.3. The van der Waals surface area contributed by atoms with Crippen molar-refractivity contribution in [2.75, 3.05) is 6.61 Å². The predicted octanol–water partition coefficient (Wildman–Crippen LogP) is 2.77. The minimum absolute atomic E-state index is 0.0852. The smallest absolute Gasteiger partial charge is 0.158 e. The molecule has 3 rings (SSSR count). The van der Waals surface area contributed by atoms with Crippen LogP contribution in [-0.2, 0) is 14.3 Å². The topological polar surface area (TPSA) is 35.5 Å². The molecule has 3 heteroatoms. The van der Waals surface area contributed by atoms with Gasteiger partial charge in [-0.2, -0.15) is 0 Å². The molecule has 1 saturated heterocycles. The number of carbonyl (C=O) groups is 1. The van der Waals surface area contributed by atoms with E-state index in [2.05, 4.69) is 6.58 Å². The van der Waals surface area contributed by atoms with Crippen molar-refractivity contribution in [3.05, 3.63) is 54.6 Å². The van der Waals surface area contributed by atoms with E-state index in [4.69, 9.17) is 9.47 Å². The summed E-state index contributed by atoms with van der Waals surface area (Å²) in [6, 6.07) is 9.93. The number of hydrogen-bond donors (Lipinski definition) is 0. The Labute approximate surface area is 118 Å². The van der Waals surface area contributed by atoms with Crippen molar-refractivity contribution in [2.24, 2.45) is 0 Å². The molecule has 1 aliphatic heterocycles. The van der Waals surface area contributed by atoms with Gasteiger partial charge in [-0.15, -0.1) is 0 Å². The molecule has 1 aliphatic carbocycles. The number of fused-ring (bicyclic) bond motifs is 1. The number of hydrogen-bond acceptors (Lipinski definition) is 3. The second kappa shape index (κ2) is 5.00. The monoisotopic (exact) mass is 270 g/mol. The molecule has 104 valence electrons. The Balaban J connectivity index is 1.78. The molecule has 0 radical (unpaired) electrons. The molecule has 1 fully saturated rings. The molecule has 0 bridgehead atoms. The van der Waals surface area contributed by atoms with E-state index in [1.807, 2.05) is 43.3 Å². The first-order chi connectivity index (χ1) is 9.58. The molecule has 0 saturated carbocycles. The highest BCUT2D eigenvalue weighted by Crippen LogP contribution is 2.35. The third-order valence-corrected chi connectivity index (χ3v) is 4.03. The molecule has 1 heterocycles. The molecule has 20 heavy (non-hydrogen) atoms. The fourth-order valence-electron chi connectivity index (χ4n) is 2.66. The summed E-state index contributed by atoms with van der Waals surface area (Å²) in [6.45, 7) is 6.54. The Morgan fingerprint density at radius 1 is 1.35 bits per heavy atom. The van der Waals surface area contributed by atoms with Crippen LogP contribution in [0.4, 0.5) is 0 Å². The number of allylic oxidation sites excluding steroid dienone is 1. The van der Waals surface area contributed by atoms with Crippen molar-refractivity contribution in [1.29, 1.82) is 0 Å². The highest BCUT2D eigenvalue weighted by molar-refractivity contribution is 5.91. The molecular formula is C17H18O3. The average molecular weight is 270 g/mol. The van der Waals surface area contributed by atoms with Crippen molar-refractivity contribution in [1.82, 2.24) is 0 Å². The van der Waals surface area contributed by atoms with Crippen LogP contribution in [0.3, 0.4) is 0 Å². The normalized spacial score (nSPS) is 32.8. The Kier molecular flexibility index (Phi) is 3.32. The lowest BCUT2D eigenvalue weighted by Gasteiger charge is -2.44. The van der Waals surface area contributed by atoms with Gasteiger partial charge in [0, 0.05) is 6.42 Å². The third-order valence-electron chi connectivity index (χ3n) is 4.03. The van der Waals surface area contributed by atoms with Gasteiger partial charge in [0.2, 0.25) is 0 Å². The van der Waals surface area contributed by atoms with Crippen molar-refractivity contribution >= 4 is 11.4 Å². The van der Waals surface area contributed by atoms with Gasteiger partial charge in [0.1, 0.15) is 11.7 Å². The zero-order valence-electron chi connectivity index (χ0n) is 11.5. The van der Waals surface area contributed by atoms with Crippen LogP contribution >= 0.6 is 0 Å². The van der Waals surface area contributed by atoms with E-state index >= 15 is 0 Å². The highest BCUT2D eigenvalue weighted by atomic mass is 16.6. The summed E-state index contributed by atoms with van der Waals surface area (Å²) in [7, 11) is 0. The van der Waals surface area contributed by atoms with Crippen LogP contribution in [-0.4, -0.2) is 30.2 Å². The second-order valence-electron chi connectivity index (χ2n) is 5.50. The molecule has 0 N–H and O–H groups in total. The SMILES string of the molecule is C=C(c1ccccc1)[C@H]1CO[C@@]2(C)C=CC(=O)C[C@H]2O1. The predicted molar refractivity (Wildman–Crippen MR) is 77.3 cm³/mol. The first-order valence-electron chi connectivity index (χ1n) is 6.84. The largest absolute Gasteiger partial charge is 0.365 e. The van der Waals surface area contributed by atoms with Crippen molar-refractivity contribution < 1.29 is 14.3 Å². The summed E-state index contributed by atoms with van der Waals surface area (Å²) < 4.78 is 12.0. The lowest BCUT2D eigenvalue weighted by Crippen LogP contribution is -2.53. The summed E-state index contributed by atoms with van der Waals surface area (Å²) in [5.41, 5.74) is 1.44. The average Bonchev–Trinajstić information content (AvgIpc) is 2.48. The number of benzene rings is 1. The minimum Gasteiger partial charge on any atom is -0.365 e. The van der Waals surface area contributed by atoms with Gasteiger partial charge in [0.25, 0.3) is 0 Å². The van der Waals surface area contributed by atoms with Gasteiger partial charge in [-0.1, -0.05) is 36.9 Å². The number of ketones is 1. The molecule has 3 atom stereocenters. The lowest BCUT2D eigenvalue weighted by atomic mass is 9.87. The van der Waals surface area contributed by atoms with Gasteiger partial charge in [-0.3, -0.25) is 4.79 Å². The zero-order valence-corrected chi connectivity index (χ0v) is 11.5.